The maximum Gasteiger partial charge on any atom is 0.132 e. The summed E-state index contributed by atoms with van der Waals surface area (Å²) in [4.78, 5) is 6.29. The van der Waals surface area contributed by atoms with Crippen molar-refractivity contribution in [2.75, 3.05) is 59.7 Å². The summed E-state index contributed by atoms with van der Waals surface area (Å²) < 4.78 is 11.2. The second kappa shape index (κ2) is 8.43. The summed E-state index contributed by atoms with van der Waals surface area (Å²) in [5.74, 6) is 1.90. The molecule has 0 spiro atoms. The first-order valence-corrected chi connectivity index (χ1v) is 9.93. The van der Waals surface area contributed by atoms with Gasteiger partial charge in [-0.2, -0.15) is 0 Å². The Kier molecular flexibility index (Phi) is 6.27. The SMILES string of the molecule is COc1cc(SC)c(OC)cc1CN1CCN([C@H]2CCNC2)CC1. The first kappa shape index (κ1) is 17.9. The van der Waals surface area contributed by atoms with Crippen LogP contribution in [0.1, 0.15) is 12.0 Å². The lowest BCUT2D eigenvalue weighted by atomic mass is 10.1. The van der Waals surface area contributed by atoms with Gasteiger partial charge in [0.05, 0.1) is 19.1 Å². The van der Waals surface area contributed by atoms with Crippen LogP contribution in [0.25, 0.3) is 0 Å². The van der Waals surface area contributed by atoms with E-state index in [4.69, 9.17) is 9.47 Å². The average molecular weight is 352 g/mol. The first-order valence-electron chi connectivity index (χ1n) is 8.71. The largest absolute Gasteiger partial charge is 0.496 e. The Morgan fingerprint density at radius 3 is 2.46 bits per heavy atom. The molecule has 6 heteroatoms. The fourth-order valence-electron chi connectivity index (χ4n) is 3.69. The molecule has 0 aromatic heterocycles. The van der Waals surface area contributed by atoms with Gasteiger partial charge < -0.3 is 14.8 Å². The van der Waals surface area contributed by atoms with E-state index in [0.717, 1.165) is 61.7 Å². The van der Waals surface area contributed by atoms with E-state index in [9.17, 15) is 0 Å². The third-order valence-electron chi connectivity index (χ3n) is 5.14. The zero-order valence-electron chi connectivity index (χ0n) is 15.0. The third kappa shape index (κ3) is 3.99. The number of benzene rings is 1. The molecule has 24 heavy (non-hydrogen) atoms. The smallest absolute Gasteiger partial charge is 0.132 e. The van der Waals surface area contributed by atoms with Gasteiger partial charge >= 0.3 is 0 Å². The molecular weight excluding hydrogens is 322 g/mol. The predicted octanol–water partition coefficient (Wildman–Crippen LogP) is 1.91. The summed E-state index contributed by atoms with van der Waals surface area (Å²) in [6.07, 6.45) is 3.36. The van der Waals surface area contributed by atoms with Crippen LogP contribution in [-0.2, 0) is 6.54 Å². The molecule has 0 unspecified atom stereocenters. The molecule has 0 amide bonds. The van der Waals surface area contributed by atoms with E-state index < -0.39 is 0 Å². The molecule has 5 nitrogen and oxygen atoms in total. The molecule has 2 aliphatic heterocycles. The number of nitrogens with zero attached hydrogens (tertiary/aromatic N) is 2. The summed E-state index contributed by atoms with van der Waals surface area (Å²) >= 11 is 1.69. The van der Waals surface area contributed by atoms with E-state index in [2.05, 4.69) is 33.5 Å². The van der Waals surface area contributed by atoms with Crippen LogP contribution < -0.4 is 14.8 Å². The monoisotopic (exact) mass is 351 g/mol. The molecule has 2 aliphatic rings. The van der Waals surface area contributed by atoms with E-state index >= 15 is 0 Å². The number of hydrogen-bond donors (Lipinski definition) is 1. The highest BCUT2D eigenvalue weighted by Gasteiger charge is 2.26. The molecule has 2 heterocycles. The van der Waals surface area contributed by atoms with Crippen molar-refractivity contribution in [1.82, 2.24) is 15.1 Å². The van der Waals surface area contributed by atoms with Crippen molar-refractivity contribution in [3.63, 3.8) is 0 Å². The Labute approximate surface area is 149 Å². The lowest BCUT2D eigenvalue weighted by Crippen LogP contribution is -2.50. The van der Waals surface area contributed by atoms with Gasteiger partial charge in [-0.25, -0.2) is 0 Å². The molecule has 3 rings (SSSR count). The molecule has 1 N–H and O–H groups in total. The Morgan fingerprint density at radius 2 is 1.88 bits per heavy atom. The van der Waals surface area contributed by atoms with Gasteiger partial charge in [-0.3, -0.25) is 9.80 Å². The van der Waals surface area contributed by atoms with Gasteiger partial charge in [-0.15, -0.1) is 11.8 Å². The van der Waals surface area contributed by atoms with Gasteiger partial charge in [0.15, 0.2) is 0 Å². The van der Waals surface area contributed by atoms with Crippen LogP contribution in [0.4, 0.5) is 0 Å². The molecule has 2 saturated heterocycles. The summed E-state index contributed by atoms with van der Waals surface area (Å²) in [6.45, 7) is 7.80. The number of methoxy groups -OCH3 is 2. The fraction of sp³-hybridized carbons (Fsp3) is 0.667. The van der Waals surface area contributed by atoms with E-state index in [1.165, 1.54) is 18.5 Å². The topological polar surface area (TPSA) is 37.0 Å². The Hall–Kier alpha value is -0.950. The maximum absolute atomic E-state index is 5.62. The summed E-state index contributed by atoms with van der Waals surface area (Å²) in [5.41, 5.74) is 1.21. The zero-order chi connectivity index (χ0) is 16.9. The van der Waals surface area contributed by atoms with E-state index in [1.807, 2.05) is 0 Å². The van der Waals surface area contributed by atoms with Crippen LogP contribution >= 0.6 is 11.8 Å². The Balaban J connectivity index is 1.63. The second-order valence-corrected chi connectivity index (χ2v) is 7.33. The molecular formula is C18H29N3O2S. The van der Waals surface area contributed by atoms with Crippen molar-refractivity contribution in [3.05, 3.63) is 17.7 Å². The van der Waals surface area contributed by atoms with Gasteiger partial charge in [0, 0.05) is 50.9 Å². The van der Waals surface area contributed by atoms with Crippen molar-refractivity contribution in [3.8, 4) is 11.5 Å². The number of nitrogens with one attached hydrogen (secondary N) is 1. The van der Waals surface area contributed by atoms with E-state index in [1.54, 1.807) is 26.0 Å². The Morgan fingerprint density at radius 1 is 1.12 bits per heavy atom. The van der Waals surface area contributed by atoms with Crippen LogP contribution in [0.2, 0.25) is 0 Å². The number of rotatable bonds is 6. The van der Waals surface area contributed by atoms with Gasteiger partial charge in [0.2, 0.25) is 0 Å². The van der Waals surface area contributed by atoms with Gasteiger partial charge in [-0.1, -0.05) is 0 Å². The molecule has 0 aliphatic carbocycles. The van der Waals surface area contributed by atoms with E-state index in [0.29, 0.717) is 0 Å². The van der Waals surface area contributed by atoms with Crippen LogP contribution in [-0.4, -0.2) is 75.6 Å². The molecule has 2 fully saturated rings. The minimum absolute atomic E-state index is 0.739. The minimum Gasteiger partial charge on any atom is -0.496 e. The summed E-state index contributed by atoms with van der Waals surface area (Å²) in [5, 5.41) is 3.47. The van der Waals surface area contributed by atoms with Crippen LogP contribution in [0.5, 0.6) is 11.5 Å². The quantitative estimate of drug-likeness (QED) is 0.789. The standard InChI is InChI=1S/C18H29N3O2S/c1-22-16-11-18(24-3)17(23-2)10-14(16)13-20-6-8-21(9-7-20)15-4-5-19-12-15/h10-11,15,19H,4-9,12-13H2,1-3H3/t15-/m0/s1. The van der Waals surface area contributed by atoms with Crippen molar-refractivity contribution in [2.45, 2.75) is 23.9 Å². The number of thioether (sulfide) groups is 1. The third-order valence-corrected chi connectivity index (χ3v) is 5.90. The van der Waals surface area contributed by atoms with Gasteiger partial charge in [0.25, 0.3) is 0 Å². The molecule has 1 aromatic carbocycles. The molecule has 0 saturated carbocycles. The molecule has 1 aromatic rings. The van der Waals surface area contributed by atoms with Crippen LogP contribution in [0, 0.1) is 0 Å². The van der Waals surface area contributed by atoms with Crippen molar-refractivity contribution < 1.29 is 9.47 Å². The predicted molar refractivity (Wildman–Crippen MR) is 99.5 cm³/mol. The second-order valence-electron chi connectivity index (χ2n) is 6.48. The number of piperazine rings is 1. The Bertz CT molecular complexity index is 541. The van der Waals surface area contributed by atoms with Gasteiger partial charge in [0.1, 0.15) is 11.5 Å². The summed E-state index contributed by atoms with van der Waals surface area (Å²) in [7, 11) is 3.49. The van der Waals surface area contributed by atoms with Crippen molar-refractivity contribution in [1.29, 1.82) is 0 Å². The van der Waals surface area contributed by atoms with E-state index in [-0.39, 0.29) is 0 Å². The van der Waals surface area contributed by atoms with Crippen molar-refractivity contribution in [2.24, 2.45) is 0 Å². The highest BCUT2D eigenvalue weighted by molar-refractivity contribution is 7.98. The first-order chi connectivity index (χ1) is 11.7. The average Bonchev–Trinajstić information content (AvgIpc) is 3.16. The lowest BCUT2D eigenvalue weighted by Gasteiger charge is -2.38. The van der Waals surface area contributed by atoms with Crippen LogP contribution in [0.15, 0.2) is 17.0 Å². The number of ether oxygens (including phenoxy) is 2. The van der Waals surface area contributed by atoms with Crippen LogP contribution in [0.3, 0.4) is 0 Å². The zero-order valence-corrected chi connectivity index (χ0v) is 15.8. The molecule has 0 radical (unpaired) electrons. The highest BCUT2D eigenvalue weighted by atomic mass is 32.2. The molecule has 1 atom stereocenters. The maximum atomic E-state index is 5.62. The molecule has 134 valence electrons. The highest BCUT2D eigenvalue weighted by Crippen LogP contribution is 2.35. The minimum atomic E-state index is 0.739. The lowest BCUT2D eigenvalue weighted by molar-refractivity contribution is 0.0975. The normalized spacial score (nSPS) is 22.7. The number of hydrogen-bond acceptors (Lipinski definition) is 6. The fourth-order valence-corrected chi connectivity index (χ4v) is 4.26. The van der Waals surface area contributed by atoms with Gasteiger partial charge in [-0.05, 0) is 31.4 Å². The van der Waals surface area contributed by atoms with Crippen molar-refractivity contribution >= 4 is 11.8 Å². The summed E-state index contributed by atoms with van der Waals surface area (Å²) in [6, 6.07) is 4.97. The molecule has 0 bridgehead atoms.